The van der Waals surface area contributed by atoms with E-state index in [1.54, 1.807) is 24.3 Å². The molecule has 0 saturated carbocycles. The van der Waals surface area contributed by atoms with E-state index in [0.29, 0.717) is 29.2 Å². The fraction of sp³-hybridized carbons (Fsp3) is 0.429. The number of benzene rings is 2. The number of piperidine rings is 1. The Bertz CT molecular complexity index is 820. The maximum atomic E-state index is 11.6. The van der Waals surface area contributed by atoms with E-state index in [2.05, 4.69) is 42.2 Å². The lowest BCUT2D eigenvalue weighted by Crippen LogP contribution is -2.42. The first-order valence-electron chi connectivity index (χ1n) is 9.15. The highest BCUT2D eigenvalue weighted by molar-refractivity contribution is 7.90. The Kier molecular flexibility index (Phi) is 5.99. The first-order valence-corrected chi connectivity index (χ1v) is 11.0. The second-order valence-corrected chi connectivity index (χ2v) is 9.13. The molecular weight excluding hydrogens is 346 g/mol. The molecule has 1 fully saturated rings. The van der Waals surface area contributed by atoms with Gasteiger partial charge in [-0.3, -0.25) is 4.90 Å². The van der Waals surface area contributed by atoms with Gasteiger partial charge >= 0.3 is 0 Å². The normalized spacial score (nSPS) is 21.5. The number of rotatable bonds is 6. The van der Waals surface area contributed by atoms with Crippen molar-refractivity contribution >= 4 is 9.84 Å². The number of likely N-dealkylation sites (tertiary alicyclic amines) is 1. The van der Waals surface area contributed by atoms with Gasteiger partial charge < -0.3 is 4.74 Å². The molecule has 5 heteroatoms. The Morgan fingerprint density at radius 1 is 1.12 bits per heavy atom. The van der Waals surface area contributed by atoms with Crippen LogP contribution in [-0.4, -0.2) is 45.3 Å². The first kappa shape index (κ1) is 18.9. The van der Waals surface area contributed by atoms with E-state index in [-0.39, 0.29) is 0 Å². The molecule has 0 bridgehead atoms. The SMILES string of the molecule is CC1CC(c2ccccc2)CCN1CCOc1cccc(S(C)(=O)=O)c1. The topological polar surface area (TPSA) is 46.6 Å². The summed E-state index contributed by atoms with van der Waals surface area (Å²) in [5.41, 5.74) is 1.44. The van der Waals surface area contributed by atoms with Crippen molar-refractivity contribution in [2.75, 3.05) is 26.0 Å². The minimum Gasteiger partial charge on any atom is -0.492 e. The van der Waals surface area contributed by atoms with Crippen LogP contribution in [0.25, 0.3) is 0 Å². The van der Waals surface area contributed by atoms with Crippen molar-refractivity contribution in [3.63, 3.8) is 0 Å². The predicted octanol–water partition coefficient (Wildman–Crippen LogP) is 3.74. The standard InChI is InChI=1S/C21H27NO3S/c1-17-15-19(18-7-4-3-5-8-18)11-12-22(17)13-14-25-20-9-6-10-21(16-20)26(2,23)24/h3-10,16-17,19H,11-15H2,1-2H3. The smallest absolute Gasteiger partial charge is 0.175 e. The van der Waals surface area contributed by atoms with Gasteiger partial charge in [-0.2, -0.15) is 0 Å². The highest BCUT2D eigenvalue weighted by Gasteiger charge is 2.26. The van der Waals surface area contributed by atoms with E-state index < -0.39 is 9.84 Å². The molecule has 1 aliphatic heterocycles. The van der Waals surface area contributed by atoms with Crippen LogP contribution in [0.5, 0.6) is 5.75 Å². The Balaban J connectivity index is 1.50. The van der Waals surface area contributed by atoms with Gasteiger partial charge in [0.2, 0.25) is 0 Å². The largest absolute Gasteiger partial charge is 0.492 e. The van der Waals surface area contributed by atoms with Crippen molar-refractivity contribution < 1.29 is 13.2 Å². The second-order valence-electron chi connectivity index (χ2n) is 7.11. The van der Waals surface area contributed by atoms with E-state index in [1.807, 2.05) is 0 Å². The fourth-order valence-electron chi connectivity index (χ4n) is 3.66. The summed E-state index contributed by atoms with van der Waals surface area (Å²) in [4.78, 5) is 2.76. The predicted molar refractivity (Wildman–Crippen MR) is 104 cm³/mol. The van der Waals surface area contributed by atoms with Gasteiger partial charge in [-0.1, -0.05) is 36.4 Å². The molecule has 2 aromatic rings. The molecular formula is C21H27NO3S. The van der Waals surface area contributed by atoms with Crippen LogP contribution in [0.15, 0.2) is 59.5 Å². The molecule has 140 valence electrons. The number of sulfone groups is 1. The van der Waals surface area contributed by atoms with Gasteiger partial charge in [0, 0.05) is 18.8 Å². The Morgan fingerprint density at radius 3 is 2.58 bits per heavy atom. The van der Waals surface area contributed by atoms with Crippen LogP contribution in [0.2, 0.25) is 0 Å². The van der Waals surface area contributed by atoms with Crippen LogP contribution in [-0.2, 0) is 9.84 Å². The third-order valence-corrected chi connectivity index (χ3v) is 6.28. The van der Waals surface area contributed by atoms with E-state index in [0.717, 1.165) is 25.9 Å². The molecule has 0 N–H and O–H groups in total. The summed E-state index contributed by atoms with van der Waals surface area (Å²) in [5, 5.41) is 0. The van der Waals surface area contributed by atoms with Crippen LogP contribution in [0.1, 0.15) is 31.2 Å². The van der Waals surface area contributed by atoms with E-state index in [4.69, 9.17) is 4.74 Å². The van der Waals surface area contributed by atoms with E-state index in [1.165, 1.54) is 11.8 Å². The molecule has 0 spiro atoms. The molecule has 4 nitrogen and oxygen atoms in total. The monoisotopic (exact) mass is 373 g/mol. The zero-order valence-electron chi connectivity index (χ0n) is 15.5. The highest BCUT2D eigenvalue weighted by atomic mass is 32.2. The first-order chi connectivity index (χ1) is 12.4. The number of ether oxygens (including phenoxy) is 1. The van der Waals surface area contributed by atoms with Crippen LogP contribution in [0.3, 0.4) is 0 Å². The van der Waals surface area contributed by atoms with Crippen molar-refractivity contribution in [1.29, 1.82) is 0 Å². The van der Waals surface area contributed by atoms with Crippen molar-refractivity contribution in [3.05, 3.63) is 60.2 Å². The van der Waals surface area contributed by atoms with Crippen LogP contribution in [0, 0.1) is 0 Å². The zero-order chi connectivity index (χ0) is 18.6. The summed E-state index contributed by atoms with van der Waals surface area (Å²) in [5.74, 6) is 1.24. The van der Waals surface area contributed by atoms with Crippen molar-refractivity contribution in [2.24, 2.45) is 0 Å². The maximum absolute atomic E-state index is 11.6. The Hall–Kier alpha value is -1.85. The lowest BCUT2D eigenvalue weighted by Gasteiger charge is -2.37. The molecule has 0 radical (unpaired) electrons. The molecule has 1 saturated heterocycles. The van der Waals surface area contributed by atoms with E-state index >= 15 is 0 Å². The van der Waals surface area contributed by atoms with Gasteiger partial charge in [-0.05, 0) is 56.0 Å². The number of hydrogen-bond acceptors (Lipinski definition) is 4. The summed E-state index contributed by atoms with van der Waals surface area (Å²) < 4.78 is 29.1. The average molecular weight is 374 g/mol. The van der Waals surface area contributed by atoms with Crippen molar-refractivity contribution in [3.8, 4) is 5.75 Å². The number of hydrogen-bond donors (Lipinski definition) is 0. The minimum absolute atomic E-state index is 0.298. The fourth-order valence-corrected chi connectivity index (χ4v) is 4.31. The molecule has 2 atom stereocenters. The Labute approximate surface area is 156 Å². The van der Waals surface area contributed by atoms with Crippen molar-refractivity contribution in [2.45, 2.75) is 36.6 Å². The summed E-state index contributed by atoms with van der Waals surface area (Å²) in [6.45, 7) is 4.76. The van der Waals surface area contributed by atoms with Gasteiger partial charge in [0.25, 0.3) is 0 Å². The number of nitrogens with zero attached hydrogens (tertiary/aromatic N) is 1. The molecule has 0 amide bonds. The maximum Gasteiger partial charge on any atom is 0.175 e. The summed E-state index contributed by atoms with van der Waals surface area (Å²) in [6, 6.07) is 18.0. The van der Waals surface area contributed by atoms with Gasteiger partial charge in [0.05, 0.1) is 4.90 Å². The quantitative estimate of drug-likeness (QED) is 0.774. The average Bonchev–Trinajstić information content (AvgIpc) is 2.63. The summed E-state index contributed by atoms with van der Waals surface area (Å²) >= 11 is 0. The molecule has 2 aromatic carbocycles. The van der Waals surface area contributed by atoms with Gasteiger partial charge in [0.1, 0.15) is 12.4 Å². The lowest BCUT2D eigenvalue weighted by atomic mass is 9.86. The van der Waals surface area contributed by atoms with Gasteiger partial charge in [-0.25, -0.2) is 8.42 Å². The minimum atomic E-state index is -3.20. The Morgan fingerprint density at radius 2 is 1.88 bits per heavy atom. The lowest BCUT2D eigenvalue weighted by molar-refractivity contribution is 0.122. The van der Waals surface area contributed by atoms with Crippen LogP contribution >= 0.6 is 0 Å². The molecule has 0 aromatic heterocycles. The molecule has 1 aliphatic rings. The summed E-state index contributed by atoms with van der Waals surface area (Å²) in [7, 11) is -3.20. The zero-order valence-corrected chi connectivity index (χ0v) is 16.3. The molecule has 2 unspecified atom stereocenters. The van der Waals surface area contributed by atoms with Crippen LogP contribution in [0.4, 0.5) is 0 Å². The van der Waals surface area contributed by atoms with Gasteiger partial charge in [-0.15, -0.1) is 0 Å². The second kappa shape index (κ2) is 8.23. The molecule has 26 heavy (non-hydrogen) atoms. The van der Waals surface area contributed by atoms with Crippen LogP contribution < -0.4 is 4.74 Å². The van der Waals surface area contributed by atoms with Crippen molar-refractivity contribution in [1.82, 2.24) is 4.90 Å². The van der Waals surface area contributed by atoms with E-state index in [9.17, 15) is 8.42 Å². The molecule has 3 rings (SSSR count). The molecule has 1 heterocycles. The molecule has 0 aliphatic carbocycles. The highest BCUT2D eigenvalue weighted by Crippen LogP contribution is 2.31. The summed E-state index contributed by atoms with van der Waals surface area (Å²) in [6.07, 6.45) is 3.54. The third kappa shape index (κ3) is 4.86. The third-order valence-electron chi connectivity index (χ3n) is 5.17. The van der Waals surface area contributed by atoms with Gasteiger partial charge in [0.15, 0.2) is 9.84 Å².